The van der Waals surface area contributed by atoms with E-state index in [0.717, 1.165) is 49.1 Å². The molecule has 1 amide bonds. The van der Waals surface area contributed by atoms with E-state index in [9.17, 15) is 9.59 Å². The van der Waals surface area contributed by atoms with Gasteiger partial charge in [-0.1, -0.05) is 18.2 Å². The van der Waals surface area contributed by atoms with Crippen LogP contribution in [0, 0.1) is 6.92 Å². The van der Waals surface area contributed by atoms with Gasteiger partial charge in [-0.15, -0.1) is 0 Å². The summed E-state index contributed by atoms with van der Waals surface area (Å²) in [5.74, 6) is 1.13. The van der Waals surface area contributed by atoms with Crippen LogP contribution in [-0.4, -0.2) is 35.2 Å². The number of nitrogens with one attached hydrogen (secondary N) is 1. The van der Waals surface area contributed by atoms with Gasteiger partial charge in [-0.2, -0.15) is 0 Å². The first-order valence-corrected chi connectivity index (χ1v) is 11.5. The van der Waals surface area contributed by atoms with Crippen LogP contribution in [0.15, 0.2) is 59.7 Å². The van der Waals surface area contributed by atoms with E-state index in [-0.39, 0.29) is 23.6 Å². The number of methoxy groups -OCH3 is 1. The van der Waals surface area contributed by atoms with Crippen molar-refractivity contribution in [2.45, 2.75) is 44.7 Å². The maximum atomic E-state index is 13.6. The molecule has 1 aromatic heterocycles. The lowest BCUT2D eigenvalue weighted by Gasteiger charge is -2.26. The van der Waals surface area contributed by atoms with Crippen LogP contribution < -0.4 is 20.5 Å². The largest absolute Gasteiger partial charge is 0.497 e. The highest BCUT2D eigenvalue weighted by atomic mass is 16.5. The molecule has 1 saturated heterocycles. The Bertz CT molecular complexity index is 1250. The number of anilines is 1. The topological polar surface area (TPSA) is 76.5 Å². The number of aryl methyl sites for hydroxylation is 1. The zero-order chi connectivity index (χ0) is 22.9. The van der Waals surface area contributed by atoms with Gasteiger partial charge in [0.2, 0.25) is 0 Å². The van der Waals surface area contributed by atoms with Crippen LogP contribution >= 0.6 is 0 Å². The number of carbonyl (C=O) groups is 1. The molecule has 0 bridgehead atoms. The van der Waals surface area contributed by atoms with Crippen molar-refractivity contribution in [1.29, 1.82) is 0 Å². The number of carbonyl (C=O) groups excluding carboxylic acids is 1. The second kappa shape index (κ2) is 8.73. The Morgan fingerprint density at radius 3 is 2.79 bits per heavy atom. The molecule has 1 saturated carbocycles. The molecule has 3 aromatic rings. The normalized spacial score (nSPS) is 17.8. The maximum Gasteiger partial charge on any atom is 0.298 e. The minimum Gasteiger partial charge on any atom is -0.497 e. The molecular weight excluding hydrogens is 416 g/mol. The van der Waals surface area contributed by atoms with Crippen molar-refractivity contribution in [2.75, 3.05) is 18.6 Å². The third-order valence-electron chi connectivity index (χ3n) is 6.47. The molecule has 1 unspecified atom stereocenters. The summed E-state index contributed by atoms with van der Waals surface area (Å²) in [6, 6.07) is 13.8. The van der Waals surface area contributed by atoms with Gasteiger partial charge in [-0.25, -0.2) is 4.98 Å². The van der Waals surface area contributed by atoms with E-state index < -0.39 is 0 Å². The Kier molecular flexibility index (Phi) is 5.62. The maximum absolute atomic E-state index is 13.6. The van der Waals surface area contributed by atoms with E-state index in [2.05, 4.69) is 21.3 Å². The van der Waals surface area contributed by atoms with Crippen LogP contribution in [0.3, 0.4) is 0 Å². The van der Waals surface area contributed by atoms with Crippen molar-refractivity contribution >= 4 is 11.7 Å². The highest BCUT2D eigenvalue weighted by molar-refractivity contribution is 5.95. The van der Waals surface area contributed by atoms with E-state index >= 15 is 0 Å². The van der Waals surface area contributed by atoms with Gasteiger partial charge in [0.25, 0.3) is 11.5 Å². The summed E-state index contributed by atoms with van der Waals surface area (Å²) < 4.78 is 7.00. The average molecular weight is 445 g/mol. The summed E-state index contributed by atoms with van der Waals surface area (Å²) in [7, 11) is 1.66. The lowest BCUT2D eigenvalue weighted by molar-refractivity contribution is 0.0951. The molecule has 2 aliphatic rings. The Hall–Kier alpha value is -3.61. The number of ether oxygens (including phenoxy) is 1. The molecule has 2 aromatic carbocycles. The number of nitrogens with zero attached hydrogens (tertiary/aromatic N) is 3. The van der Waals surface area contributed by atoms with Crippen LogP contribution in [0.25, 0.3) is 5.69 Å². The molecule has 1 aliphatic carbocycles. The fourth-order valence-electron chi connectivity index (χ4n) is 4.51. The Morgan fingerprint density at radius 2 is 2.00 bits per heavy atom. The van der Waals surface area contributed by atoms with Gasteiger partial charge in [0.1, 0.15) is 5.75 Å². The second-order valence-electron chi connectivity index (χ2n) is 8.80. The van der Waals surface area contributed by atoms with Gasteiger partial charge in [-0.05, 0) is 68.0 Å². The minimum absolute atomic E-state index is 0.0629. The Labute approximate surface area is 193 Å². The monoisotopic (exact) mass is 444 g/mol. The average Bonchev–Trinajstić information content (AvgIpc) is 3.51. The number of hydrogen-bond donors (Lipinski definition) is 1. The molecule has 1 N–H and O–H groups in total. The van der Waals surface area contributed by atoms with Gasteiger partial charge in [0.15, 0.2) is 5.82 Å². The van der Waals surface area contributed by atoms with E-state index in [4.69, 9.17) is 4.74 Å². The molecule has 1 aliphatic heterocycles. The van der Waals surface area contributed by atoms with Gasteiger partial charge >= 0.3 is 0 Å². The number of rotatable bonds is 6. The molecule has 5 rings (SSSR count). The van der Waals surface area contributed by atoms with Crippen LogP contribution in [0.2, 0.25) is 0 Å². The Morgan fingerprint density at radius 1 is 1.15 bits per heavy atom. The van der Waals surface area contributed by atoms with Crippen LogP contribution in [0.4, 0.5) is 5.82 Å². The molecule has 33 heavy (non-hydrogen) atoms. The van der Waals surface area contributed by atoms with Crippen molar-refractivity contribution in [3.63, 3.8) is 0 Å². The van der Waals surface area contributed by atoms with Crippen molar-refractivity contribution in [3.05, 3.63) is 81.9 Å². The molecule has 1 atom stereocenters. The fraction of sp³-hybridized carbons (Fsp3) is 0.346. The second-order valence-corrected chi connectivity index (χ2v) is 8.80. The van der Waals surface area contributed by atoms with E-state index in [1.54, 1.807) is 30.1 Å². The first kappa shape index (κ1) is 21.2. The highest BCUT2D eigenvalue weighted by Gasteiger charge is 2.30. The number of benzene rings is 2. The SMILES string of the molecule is COc1cccc(C2CCCN2c2nccn(-c3cc(C(=O)NC4CC4)ccc3C)c2=O)c1. The van der Waals surface area contributed by atoms with Crippen LogP contribution in [0.1, 0.15) is 53.2 Å². The van der Waals surface area contributed by atoms with E-state index in [1.165, 1.54) is 0 Å². The highest BCUT2D eigenvalue weighted by Crippen LogP contribution is 2.35. The van der Waals surface area contributed by atoms with E-state index in [0.29, 0.717) is 17.1 Å². The summed E-state index contributed by atoms with van der Waals surface area (Å²) in [5, 5.41) is 3.02. The zero-order valence-corrected chi connectivity index (χ0v) is 19.0. The lowest BCUT2D eigenvalue weighted by Crippen LogP contribution is -2.33. The quantitative estimate of drug-likeness (QED) is 0.626. The molecule has 7 nitrogen and oxygen atoms in total. The smallest absolute Gasteiger partial charge is 0.298 e. The van der Waals surface area contributed by atoms with Crippen molar-refractivity contribution in [3.8, 4) is 11.4 Å². The van der Waals surface area contributed by atoms with Gasteiger partial charge in [0.05, 0.1) is 18.8 Å². The molecular formula is C26H28N4O3. The first-order valence-electron chi connectivity index (χ1n) is 11.5. The molecule has 7 heteroatoms. The number of aromatic nitrogens is 2. The molecule has 0 radical (unpaired) electrons. The predicted molar refractivity (Wildman–Crippen MR) is 127 cm³/mol. The third-order valence-corrected chi connectivity index (χ3v) is 6.47. The summed E-state index contributed by atoms with van der Waals surface area (Å²) in [6.07, 6.45) is 7.32. The van der Waals surface area contributed by atoms with E-state index in [1.807, 2.05) is 37.3 Å². The van der Waals surface area contributed by atoms with Crippen LogP contribution in [0.5, 0.6) is 5.75 Å². The first-order chi connectivity index (χ1) is 16.0. The Balaban J connectivity index is 1.50. The summed E-state index contributed by atoms with van der Waals surface area (Å²) in [5.41, 5.74) is 3.10. The summed E-state index contributed by atoms with van der Waals surface area (Å²) in [6.45, 7) is 2.70. The van der Waals surface area contributed by atoms with Gasteiger partial charge in [-0.3, -0.25) is 14.2 Å². The van der Waals surface area contributed by atoms with Gasteiger partial charge in [0, 0.05) is 30.5 Å². The lowest BCUT2D eigenvalue weighted by atomic mass is 10.0. The molecule has 0 spiro atoms. The summed E-state index contributed by atoms with van der Waals surface area (Å²) in [4.78, 5) is 32.8. The van der Waals surface area contributed by atoms with Crippen molar-refractivity contribution in [2.24, 2.45) is 0 Å². The van der Waals surface area contributed by atoms with Gasteiger partial charge < -0.3 is 15.0 Å². The zero-order valence-electron chi connectivity index (χ0n) is 19.0. The van der Waals surface area contributed by atoms with Crippen LogP contribution in [-0.2, 0) is 0 Å². The fourth-order valence-corrected chi connectivity index (χ4v) is 4.51. The molecule has 2 fully saturated rings. The summed E-state index contributed by atoms with van der Waals surface area (Å²) >= 11 is 0. The van der Waals surface area contributed by atoms with Crippen molar-refractivity contribution < 1.29 is 9.53 Å². The molecule has 2 heterocycles. The van der Waals surface area contributed by atoms with Crippen molar-refractivity contribution in [1.82, 2.24) is 14.9 Å². The molecule has 170 valence electrons. The minimum atomic E-state index is -0.185. The third kappa shape index (κ3) is 4.23. The standard InChI is InChI=1S/C26H28N4O3/c1-17-8-9-19(25(31)28-20-10-11-20)16-23(17)30-14-12-27-24(26(30)32)29-13-4-7-22(29)18-5-3-6-21(15-18)33-2/h3,5-6,8-9,12,14-16,20,22H,4,7,10-11,13H2,1-2H3,(H,28,31). The predicted octanol–water partition coefficient (Wildman–Crippen LogP) is 3.78. The number of hydrogen-bond acceptors (Lipinski definition) is 5. The number of amides is 1.